The van der Waals surface area contributed by atoms with Crippen molar-refractivity contribution >= 4 is 17.5 Å². The summed E-state index contributed by atoms with van der Waals surface area (Å²) in [5.74, 6) is 0.351. The normalized spacial score (nSPS) is 23.7. The van der Waals surface area contributed by atoms with Crippen molar-refractivity contribution < 1.29 is 9.53 Å². The number of hydrogen-bond acceptors (Lipinski definition) is 3. The number of hydrogen-bond donors (Lipinski definition) is 1. The number of halogens is 1. The first kappa shape index (κ1) is 12.4. The summed E-state index contributed by atoms with van der Waals surface area (Å²) < 4.78 is 5.77. The molecule has 1 aromatic heterocycles. The molecular formula is C11H16ClN3O2. The molecule has 0 spiro atoms. The lowest BCUT2D eigenvalue weighted by molar-refractivity contribution is -0.117. The quantitative estimate of drug-likeness (QED) is 0.812. The molecule has 0 aliphatic carbocycles. The number of carbonyl (C=O) groups is 1. The van der Waals surface area contributed by atoms with Crippen LogP contribution in [-0.2, 0) is 4.74 Å². The topological polar surface area (TPSA) is 58.2 Å². The lowest BCUT2D eigenvalue weighted by Gasteiger charge is -2.42. The van der Waals surface area contributed by atoms with Gasteiger partial charge >= 0.3 is 0 Å². The van der Waals surface area contributed by atoms with E-state index in [1.165, 1.54) is 6.20 Å². The predicted molar refractivity (Wildman–Crippen MR) is 64.2 cm³/mol. The van der Waals surface area contributed by atoms with Crippen molar-refractivity contribution in [3.05, 3.63) is 18.0 Å². The number of H-pyrrole nitrogens is 1. The Labute approximate surface area is 105 Å². The van der Waals surface area contributed by atoms with Crippen LogP contribution in [0.4, 0.5) is 0 Å². The number of ether oxygens (including phenoxy) is 1. The maximum Gasteiger partial charge on any atom is 0.257 e. The molecule has 6 heteroatoms. The zero-order chi connectivity index (χ0) is 12.5. The summed E-state index contributed by atoms with van der Waals surface area (Å²) in [6.45, 7) is 5.00. The Bertz CT molecular complexity index is 391. The van der Waals surface area contributed by atoms with Gasteiger partial charge in [-0.05, 0) is 13.8 Å². The smallest absolute Gasteiger partial charge is 0.257 e. The first-order valence-electron chi connectivity index (χ1n) is 5.54. The molecule has 1 saturated heterocycles. The van der Waals surface area contributed by atoms with Gasteiger partial charge in [0.2, 0.25) is 0 Å². The highest BCUT2D eigenvalue weighted by molar-refractivity contribution is 6.18. The van der Waals surface area contributed by atoms with Crippen molar-refractivity contribution in [2.75, 3.05) is 19.0 Å². The second-order valence-electron chi connectivity index (χ2n) is 4.83. The highest BCUT2D eigenvalue weighted by Crippen LogP contribution is 2.22. The molecule has 1 amide bonds. The van der Waals surface area contributed by atoms with Crippen LogP contribution in [0.3, 0.4) is 0 Å². The summed E-state index contributed by atoms with van der Waals surface area (Å²) in [5, 5.41) is 6.42. The molecule has 1 aliphatic heterocycles. The van der Waals surface area contributed by atoms with E-state index in [1.54, 1.807) is 11.1 Å². The van der Waals surface area contributed by atoms with Gasteiger partial charge < -0.3 is 9.64 Å². The van der Waals surface area contributed by atoms with Crippen LogP contribution < -0.4 is 0 Å². The highest BCUT2D eigenvalue weighted by atomic mass is 35.5. The van der Waals surface area contributed by atoms with Crippen LogP contribution in [0.2, 0.25) is 0 Å². The van der Waals surface area contributed by atoms with E-state index >= 15 is 0 Å². The molecule has 0 saturated carbocycles. The Balaban J connectivity index is 2.12. The van der Waals surface area contributed by atoms with E-state index in [0.29, 0.717) is 24.5 Å². The van der Waals surface area contributed by atoms with Crippen molar-refractivity contribution in [1.82, 2.24) is 15.1 Å². The van der Waals surface area contributed by atoms with E-state index in [2.05, 4.69) is 10.2 Å². The number of nitrogens with one attached hydrogen (secondary N) is 1. The SMILES string of the molecule is CC1(C)CN(C(=O)c2cn[nH]c2)CC(CCl)O1. The molecule has 0 aromatic carbocycles. The Hall–Kier alpha value is -1.07. The summed E-state index contributed by atoms with van der Waals surface area (Å²) in [5.41, 5.74) is 0.202. The lowest BCUT2D eigenvalue weighted by Crippen LogP contribution is -2.55. The van der Waals surface area contributed by atoms with Gasteiger partial charge in [0.1, 0.15) is 0 Å². The largest absolute Gasteiger partial charge is 0.367 e. The van der Waals surface area contributed by atoms with Gasteiger partial charge in [0.05, 0.1) is 29.3 Å². The summed E-state index contributed by atoms with van der Waals surface area (Å²) in [6.07, 6.45) is 3.01. The van der Waals surface area contributed by atoms with E-state index in [0.717, 1.165) is 0 Å². The van der Waals surface area contributed by atoms with Crippen molar-refractivity contribution in [1.29, 1.82) is 0 Å². The Morgan fingerprint density at radius 1 is 1.76 bits per heavy atom. The molecule has 1 aromatic rings. The first-order chi connectivity index (χ1) is 8.02. The van der Waals surface area contributed by atoms with E-state index in [4.69, 9.17) is 16.3 Å². The molecule has 1 aliphatic rings. The van der Waals surface area contributed by atoms with Crippen molar-refractivity contribution in [2.45, 2.75) is 25.6 Å². The third-order valence-electron chi connectivity index (χ3n) is 2.69. The van der Waals surface area contributed by atoms with Crippen LogP contribution in [0.5, 0.6) is 0 Å². The van der Waals surface area contributed by atoms with Crippen LogP contribution >= 0.6 is 11.6 Å². The fraction of sp³-hybridized carbons (Fsp3) is 0.636. The zero-order valence-corrected chi connectivity index (χ0v) is 10.7. The molecular weight excluding hydrogens is 242 g/mol. The van der Waals surface area contributed by atoms with Gasteiger partial charge in [0.25, 0.3) is 5.91 Å². The minimum Gasteiger partial charge on any atom is -0.367 e. The third kappa shape index (κ3) is 2.79. The van der Waals surface area contributed by atoms with Crippen molar-refractivity contribution in [3.63, 3.8) is 0 Å². The number of aromatic amines is 1. The van der Waals surface area contributed by atoms with Crippen molar-refractivity contribution in [3.8, 4) is 0 Å². The Kier molecular flexibility index (Phi) is 3.40. The fourth-order valence-corrected chi connectivity index (χ4v) is 2.24. The maximum atomic E-state index is 12.2. The summed E-state index contributed by atoms with van der Waals surface area (Å²) in [6, 6.07) is 0. The predicted octanol–water partition coefficient (Wildman–Crippen LogP) is 1.27. The molecule has 94 valence electrons. The monoisotopic (exact) mass is 257 g/mol. The van der Waals surface area contributed by atoms with Crippen molar-refractivity contribution in [2.24, 2.45) is 0 Å². The van der Waals surface area contributed by atoms with Crippen LogP contribution in [0, 0.1) is 0 Å². The lowest BCUT2D eigenvalue weighted by atomic mass is 10.0. The van der Waals surface area contributed by atoms with Gasteiger partial charge in [-0.1, -0.05) is 0 Å². The molecule has 0 bridgehead atoms. The number of amides is 1. The van der Waals surface area contributed by atoms with Gasteiger partial charge in [-0.15, -0.1) is 11.6 Å². The molecule has 1 atom stereocenters. The van der Waals surface area contributed by atoms with E-state index < -0.39 is 0 Å². The number of alkyl halides is 1. The van der Waals surface area contributed by atoms with Gasteiger partial charge in [-0.25, -0.2) is 0 Å². The highest BCUT2D eigenvalue weighted by Gasteiger charge is 2.35. The molecule has 5 nitrogen and oxygen atoms in total. The van der Waals surface area contributed by atoms with Gasteiger partial charge in [0.15, 0.2) is 0 Å². The van der Waals surface area contributed by atoms with Crippen LogP contribution in [0.15, 0.2) is 12.4 Å². The van der Waals surface area contributed by atoms with Crippen LogP contribution in [-0.4, -0.2) is 51.7 Å². The van der Waals surface area contributed by atoms with E-state index in [-0.39, 0.29) is 17.6 Å². The van der Waals surface area contributed by atoms with Gasteiger partial charge in [-0.3, -0.25) is 9.89 Å². The Morgan fingerprint density at radius 2 is 2.53 bits per heavy atom. The molecule has 0 radical (unpaired) electrons. The molecule has 1 N–H and O–H groups in total. The number of morpholine rings is 1. The average molecular weight is 258 g/mol. The molecule has 1 unspecified atom stereocenters. The number of carbonyl (C=O) groups excluding carboxylic acids is 1. The number of aromatic nitrogens is 2. The maximum absolute atomic E-state index is 12.2. The van der Waals surface area contributed by atoms with E-state index in [1.807, 2.05) is 13.8 Å². The Morgan fingerprint density at radius 3 is 3.12 bits per heavy atom. The van der Waals surface area contributed by atoms with E-state index in [9.17, 15) is 4.79 Å². The minimum atomic E-state index is -0.364. The summed E-state index contributed by atoms with van der Waals surface area (Å²) in [4.78, 5) is 13.9. The fourth-order valence-electron chi connectivity index (χ4n) is 2.08. The third-order valence-corrected chi connectivity index (χ3v) is 3.03. The standard InChI is InChI=1S/C11H16ClN3O2/c1-11(2)7-15(6-9(3-12)17-11)10(16)8-4-13-14-5-8/h4-5,9H,3,6-7H2,1-2H3,(H,13,14). The molecule has 2 heterocycles. The molecule has 17 heavy (non-hydrogen) atoms. The summed E-state index contributed by atoms with van der Waals surface area (Å²) in [7, 11) is 0. The van der Waals surface area contributed by atoms with Gasteiger partial charge in [-0.2, -0.15) is 5.10 Å². The zero-order valence-electron chi connectivity index (χ0n) is 9.94. The minimum absolute atomic E-state index is 0.0368. The second-order valence-corrected chi connectivity index (χ2v) is 5.14. The van der Waals surface area contributed by atoms with Gasteiger partial charge in [0, 0.05) is 19.3 Å². The second kappa shape index (κ2) is 4.66. The molecule has 1 fully saturated rings. The first-order valence-corrected chi connectivity index (χ1v) is 6.07. The number of nitrogens with zero attached hydrogens (tertiary/aromatic N) is 2. The summed E-state index contributed by atoms with van der Waals surface area (Å²) >= 11 is 5.82. The molecule has 2 rings (SSSR count). The van der Waals surface area contributed by atoms with Crippen LogP contribution in [0.1, 0.15) is 24.2 Å². The van der Waals surface area contributed by atoms with Crippen LogP contribution in [0.25, 0.3) is 0 Å². The number of rotatable bonds is 2. The average Bonchev–Trinajstić information content (AvgIpc) is 2.79.